The summed E-state index contributed by atoms with van der Waals surface area (Å²) in [5.41, 5.74) is 0. The van der Waals surface area contributed by atoms with Gasteiger partial charge < -0.3 is 9.90 Å². The van der Waals surface area contributed by atoms with Crippen molar-refractivity contribution in [1.82, 2.24) is 0 Å². The molecular formula is C8H9O2-. The maximum atomic E-state index is 10.4. The molecule has 10 heavy (non-hydrogen) atoms. The van der Waals surface area contributed by atoms with Crippen molar-refractivity contribution >= 4 is 5.97 Å². The molecule has 0 saturated heterocycles. The zero-order valence-corrected chi connectivity index (χ0v) is 5.62. The van der Waals surface area contributed by atoms with Crippen molar-refractivity contribution in [2.75, 3.05) is 0 Å². The molecule has 2 nitrogen and oxygen atoms in total. The molecule has 0 aliphatic heterocycles. The van der Waals surface area contributed by atoms with Crippen LogP contribution in [0.2, 0.25) is 0 Å². The zero-order chi connectivity index (χ0) is 7.14. The minimum absolute atomic E-state index is 0.185. The summed E-state index contributed by atoms with van der Waals surface area (Å²) < 4.78 is 0. The van der Waals surface area contributed by atoms with Gasteiger partial charge in [0.05, 0.1) is 0 Å². The maximum absolute atomic E-state index is 10.4. The topological polar surface area (TPSA) is 40.1 Å². The monoisotopic (exact) mass is 137 g/mol. The van der Waals surface area contributed by atoms with Gasteiger partial charge >= 0.3 is 0 Å². The molecule has 2 bridgehead atoms. The van der Waals surface area contributed by atoms with Gasteiger partial charge in [0.2, 0.25) is 0 Å². The molecule has 2 heteroatoms. The average molecular weight is 137 g/mol. The summed E-state index contributed by atoms with van der Waals surface area (Å²) >= 11 is 0. The van der Waals surface area contributed by atoms with Gasteiger partial charge in [0, 0.05) is 11.9 Å². The van der Waals surface area contributed by atoms with Crippen molar-refractivity contribution in [2.24, 2.45) is 17.8 Å². The van der Waals surface area contributed by atoms with Crippen LogP contribution in [0.3, 0.4) is 0 Å². The van der Waals surface area contributed by atoms with Gasteiger partial charge in [-0.05, 0) is 24.7 Å². The number of hydrogen-bond donors (Lipinski definition) is 0. The van der Waals surface area contributed by atoms with Gasteiger partial charge in [-0.2, -0.15) is 0 Å². The molecule has 2 rings (SSSR count). The normalized spacial score (nSPS) is 42.6. The van der Waals surface area contributed by atoms with Crippen LogP contribution >= 0.6 is 0 Å². The van der Waals surface area contributed by atoms with E-state index in [1.807, 2.05) is 6.08 Å². The second kappa shape index (κ2) is 1.84. The Morgan fingerprint density at radius 3 is 2.50 bits per heavy atom. The van der Waals surface area contributed by atoms with Gasteiger partial charge in [-0.15, -0.1) is 0 Å². The Morgan fingerprint density at radius 2 is 2.20 bits per heavy atom. The quantitative estimate of drug-likeness (QED) is 0.475. The second-order valence-corrected chi connectivity index (χ2v) is 3.21. The minimum atomic E-state index is -0.864. The van der Waals surface area contributed by atoms with Gasteiger partial charge in [-0.25, -0.2) is 0 Å². The Balaban J connectivity index is 2.16. The molecule has 0 radical (unpaired) electrons. The van der Waals surface area contributed by atoms with Gasteiger partial charge in [0.25, 0.3) is 0 Å². The lowest BCUT2D eigenvalue weighted by Gasteiger charge is -2.18. The van der Waals surface area contributed by atoms with E-state index in [4.69, 9.17) is 0 Å². The van der Waals surface area contributed by atoms with Crippen LogP contribution in [0.15, 0.2) is 12.2 Å². The predicted molar refractivity (Wildman–Crippen MR) is 33.9 cm³/mol. The Bertz CT molecular complexity index is 195. The summed E-state index contributed by atoms with van der Waals surface area (Å²) in [5.74, 6) is -0.227. The van der Waals surface area contributed by atoms with Crippen LogP contribution in [0.25, 0.3) is 0 Å². The van der Waals surface area contributed by atoms with Crippen molar-refractivity contribution in [3.8, 4) is 0 Å². The SMILES string of the molecule is O=C([O-])[C@H]1C[C@@H]2C=C[C@H]1C2. The lowest BCUT2D eigenvalue weighted by molar-refractivity contribution is -0.312. The Morgan fingerprint density at radius 1 is 1.40 bits per heavy atom. The number of allylic oxidation sites excluding steroid dienone is 2. The van der Waals surface area contributed by atoms with Crippen molar-refractivity contribution in [1.29, 1.82) is 0 Å². The summed E-state index contributed by atoms with van der Waals surface area (Å²) in [7, 11) is 0. The summed E-state index contributed by atoms with van der Waals surface area (Å²) in [6.45, 7) is 0. The summed E-state index contributed by atoms with van der Waals surface area (Å²) in [5, 5.41) is 10.4. The van der Waals surface area contributed by atoms with E-state index in [2.05, 4.69) is 6.08 Å². The maximum Gasteiger partial charge on any atom is 0.0451 e. The fourth-order valence-corrected chi connectivity index (χ4v) is 2.05. The average Bonchev–Trinajstić information content (AvgIpc) is 2.44. The first kappa shape index (κ1) is 5.96. The molecule has 0 heterocycles. The molecule has 0 amide bonds. The minimum Gasteiger partial charge on any atom is -0.550 e. The molecule has 0 spiro atoms. The number of carboxylic acid groups (broad SMARTS) is 1. The molecule has 2 aliphatic rings. The Kier molecular flexibility index (Phi) is 1.10. The summed E-state index contributed by atoms with van der Waals surface area (Å²) in [6.07, 6.45) is 6.00. The van der Waals surface area contributed by atoms with Crippen molar-refractivity contribution in [3.05, 3.63) is 12.2 Å². The third-order valence-corrected chi connectivity index (χ3v) is 2.58. The number of carboxylic acids is 1. The molecule has 0 aromatic carbocycles. The van der Waals surface area contributed by atoms with Gasteiger partial charge in [0.1, 0.15) is 0 Å². The molecular weight excluding hydrogens is 128 g/mol. The van der Waals surface area contributed by atoms with Crippen molar-refractivity contribution < 1.29 is 9.90 Å². The molecule has 1 saturated carbocycles. The molecule has 54 valence electrons. The van der Waals surface area contributed by atoms with Crippen LogP contribution in [0.4, 0.5) is 0 Å². The fraction of sp³-hybridized carbons (Fsp3) is 0.625. The molecule has 0 aromatic rings. The molecule has 0 N–H and O–H groups in total. The van der Waals surface area contributed by atoms with Gasteiger partial charge in [-0.1, -0.05) is 12.2 Å². The molecule has 0 aromatic heterocycles. The van der Waals surface area contributed by atoms with Crippen LogP contribution in [0.1, 0.15) is 12.8 Å². The van der Waals surface area contributed by atoms with Gasteiger partial charge in [-0.3, -0.25) is 0 Å². The van der Waals surface area contributed by atoms with Crippen LogP contribution in [0, 0.1) is 17.8 Å². The lowest BCUT2D eigenvalue weighted by atomic mass is 9.94. The van der Waals surface area contributed by atoms with Crippen molar-refractivity contribution in [2.45, 2.75) is 12.8 Å². The number of rotatable bonds is 1. The first-order chi connectivity index (χ1) is 4.77. The van der Waals surface area contributed by atoms with Crippen molar-refractivity contribution in [3.63, 3.8) is 0 Å². The fourth-order valence-electron chi connectivity index (χ4n) is 2.05. The van der Waals surface area contributed by atoms with E-state index in [9.17, 15) is 9.90 Å². The number of fused-ring (bicyclic) bond motifs is 2. The Labute approximate surface area is 59.5 Å². The van der Waals surface area contributed by atoms with E-state index in [0.29, 0.717) is 5.92 Å². The highest BCUT2D eigenvalue weighted by Crippen LogP contribution is 2.42. The third kappa shape index (κ3) is 0.681. The predicted octanol–water partition coefficient (Wildman–Crippen LogP) is -0.0515. The number of aliphatic carboxylic acids is 1. The lowest BCUT2D eigenvalue weighted by Crippen LogP contribution is -2.33. The van der Waals surface area contributed by atoms with E-state index < -0.39 is 5.97 Å². The molecule has 3 atom stereocenters. The zero-order valence-electron chi connectivity index (χ0n) is 5.62. The standard InChI is InChI=1S/C8H10O2/c9-8(10)7-4-5-1-2-6(7)3-5/h1-2,5-7H,3-4H2,(H,9,10)/p-1/t5-,6+,7+/m1/s1. The van der Waals surface area contributed by atoms with E-state index >= 15 is 0 Å². The number of carbonyl (C=O) groups excluding carboxylic acids is 1. The van der Waals surface area contributed by atoms with Crippen LogP contribution in [-0.2, 0) is 4.79 Å². The first-order valence-corrected chi connectivity index (χ1v) is 3.66. The largest absolute Gasteiger partial charge is 0.550 e. The van der Waals surface area contributed by atoms with E-state index in [1.165, 1.54) is 0 Å². The van der Waals surface area contributed by atoms with Crippen LogP contribution < -0.4 is 5.11 Å². The molecule has 2 aliphatic carbocycles. The molecule has 1 fully saturated rings. The van der Waals surface area contributed by atoms with E-state index in [1.54, 1.807) is 0 Å². The van der Waals surface area contributed by atoms with E-state index in [0.717, 1.165) is 12.8 Å². The smallest absolute Gasteiger partial charge is 0.0451 e. The highest BCUT2D eigenvalue weighted by molar-refractivity contribution is 5.69. The highest BCUT2D eigenvalue weighted by Gasteiger charge is 2.35. The van der Waals surface area contributed by atoms with Crippen LogP contribution in [0.5, 0.6) is 0 Å². The second-order valence-electron chi connectivity index (χ2n) is 3.21. The highest BCUT2D eigenvalue weighted by atomic mass is 16.4. The van der Waals surface area contributed by atoms with Crippen LogP contribution in [-0.4, -0.2) is 5.97 Å². The first-order valence-electron chi connectivity index (χ1n) is 3.66. The third-order valence-electron chi connectivity index (χ3n) is 2.58. The van der Waals surface area contributed by atoms with E-state index in [-0.39, 0.29) is 11.8 Å². The number of carbonyl (C=O) groups is 1. The summed E-state index contributed by atoms with van der Waals surface area (Å²) in [4.78, 5) is 10.4. The van der Waals surface area contributed by atoms with Gasteiger partial charge in [0.15, 0.2) is 0 Å². The summed E-state index contributed by atoms with van der Waals surface area (Å²) in [6, 6.07) is 0. The number of hydrogen-bond acceptors (Lipinski definition) is 2. The molecule has 0 unspecified atom stereocenters. The Hall–Kier alpha value is -0.790.